The summed E-state index contributed by atoms with van der Waals surface area (Å²) in [7, 11) is 0. The molecule has 2 N–H and O–H groups in total. The van der Waals surface area contributed by atoms with Gasteiger partial charge in [0.05, 0.1) is 27.4 Å². The summed E-state index contributed by atoms with van der Waals surface area (Å²) in [4.78, 5) is 45.6. The van der Waals surface area contributed by atoms with Gasteiger partial charge in [-0.25, -0.2) is 4.79 Å². The highest BCUT2D eigenvalue weighted by molar-refractivity contribution is 5.98. The second-order valence-corrected chi connectivity index (χ2v) is 7.74. The quantitative estimate of drug-likeness (QED) is 0.325. The molecular weight excluding hydrogens is 394 g/mol. The molecule has 2 rings (SSSR count). The number of non-ortho nitro benzene ring substituents is 2. The maximum atomic E-state index is 12.8. The van der Waals surface area contributed by atoms with Crippen LogP contribution in [0.3, 0.4) is 0 Å². The Balaban J connectivity index is 2.35. The Labute approximate surface area is 171 Å². The number of ether oxygens (including phenoxy) is 1. The predicted octanol–water partition coefficient (Wildman–Crippen LogP) is 3.55. The molecule has 2 atom stereocenters. The average Bonchev–Trinajstić information content (AvgIpc) is 2.67. The van der Waals surface area contributed by atoms with E-state index in [1.165, 1.54) is 0 Å². The molecule has 10 nitrogen and oxygen atoms in total. The van der Waals surface area contributed by atoms with E-state index in [-0.39, 0.29) is 0 Å². The largest absolute Gasteiger partial charge is 0.389 e. The molecule has 0 radical (unpaired) electrons. The molecule has 0 heterocycles. The van der Waals surface area contributed by atoms with Gasteiger partial charge in [-0.1, -0.05) is 51.1 Å². The highest BCUT2D eigenvalue weighted by Crippen LogP contribution is 2.36. The number of nitrogens with two attached hydrogens (primary N) is 1. The zero-order valence-corrected chi connectivity index (χ0v) is 16.6. The molecule has 0 bridgehead atoms. The number of esters is 2. The van der Waals surface area contributed by atoms with Crippen molar-refractivity contribution in [1.29, 1.82) is 0 Å². The fourth-order valence-electron chi connectivity index (χ4n) is 3.04. The number of hydrogen-bond acceptors (Lipinski definition) is 8. The Morgan fingerprint density at radius 1 is 0.967 bits per heavy atom. The van der Waals surface area contributed by atoms with Gasteiger partial charge in [-0.15, -0.1) is 0 Å². The predicted molar refractivity (Wildman–Crippen MR) is 106 cm³/mol. The third-order valence-electron chi connectivity index (χ3n) is 4.48. The third kappa shape index (κ3) is 5.23. The Hall–Kier alpha value is -3.66. The van der Waals surface area contributed by atoms with Crippen molar-refractivity contribution in [3.63, 3.8) is 0 Å². The number of hydrogen-bond donors (Lipinski definition) is 1. The van der Waals surface area contributed by atoms with E-state index in [0.29, 0.717) is 11.6 Å². The van der Waals surface area contributed by atoms with E-state index in [1.807, 2.05) is 0 Å². The molecule has 2 unspecified atom stereocenters. The Kier molecular flexibility index (Phi) is 6.63. The van der Waals surface area contributed by atoms with Gasteiger partial charge in [0.25, 0.3) is 11.4 Å². The topological polar surface area (TPSA) is 156 Å². The first-order valence-electron chi connectivity index (χ1n) is 8.92. The van der Waals surface area contributed by atoms with Crippen LogP contribution in [0.15, 0.2) is 48.5 Å². The highest BCUT2D eigenvalue weighted by atomic mass is 16.6. The van der Waals surface area contributed by atoms with E-state index < -0.39 is 56.1 Å². The number of nitro benzene ring substituents is 2. The maximum Gasteiger partial charge on any atom is 0.346 e. The van der Waals surface area contributed by atoms with Crippen molar-refractivity contribution in [3.8, 4) is 0 Å². The number of rotatable bonds is 6. The standard InChI is InChI=1S/C20H21N3O7/c1-20(2,3)16(17(21)12-7-5-4-6-8-12)19(25)30-18(24)13-9-14(22(26)27)11-15(10-13)23(28)29/h4-11,16-17H,21H2,1-3H3. The van der Waals surface area contributed by atoms with Crippen LogP contribution in [0.5, 0.6) is 0 Å². The molecule has 158 valence electrons. The van der Waals surface area contributed by atoms with Gasteiger partial charge in [0.1, 0.15) is 0 Å². The second-order valence-electron chi connectivity index (χ2n) is 7.74. The average molecular weight is 415 g/mol. The fourth-order valence-corrected chi connectivity index (χ4v) is 3.04. The molecule has 0 aliphatic heterocycles. The lowest BCUT2D eigenvalue weighted by molar-refractivity contribution is -0.394. The molecule has 2 aromatic rings. The monoisotopic (exact) mass is 415 g/mol. The van der Waals surface area contributed by atoms with Crippen LogP contribution in [-0.2, 0) is 9.53 Å². The van der Waals surface area contributed by atoms with Crippen LogP contribution in [0.1, 0.15) is 42.7 Å². The van der Waals surface area contributed by atoms with Crippen molar-refractivity contribution < 1.29 is 24.2 Å². The molecule has 10 heteroatoms. The summed E-state index contributed by atoms with van der Waals surface area (Å²) in [5.74, 6) is -3.10. The summed E-state index contributed by atoms with van der Waals surface area (Å²) in [6, 6.07) is 10.3. The van der Waals surface area contributed by atoms with Crippen LogP contribution in [0.4, 0.5) is 11.4 Å². The highest BCUT2D eigenvalue weighted by Gasteiger charge is 2.39. The lowest BCUT2D eigenvalue weighted by Crippen LogP contribution is -2.39. The van der Waals surface area contributed by atoms with Crippen LogP contribution in [0.25, 0.3) is 0 Å². The van der Waals surface area contributed by atoms with Gasteiger partial charge in [0, 0.05) is 18.2 Å². The first kappa shape index (κ1) is 22.6. The molecule has 0 aliphatic carbocycles. The minimum Gasteiger partial charge on any atom is -0.389 e. The van der Waals surface area contributed by atoms with E-state index in [0.717, 1.165) is 12.1 Å². The van der Waals surface area contributed by atoms with Gasteiger partial charge in [-0.05, 0) is 11.0 Å². The van der Waals surface area contributed by atoms with Gasteiger partial charge in [0.2, 0.25) is 0 Å². The van der Waals surface area contributed by atoms with Gasteiger partial charge in [0.15, 0.2) is 0 Å². The van der Waals surface area contributed by atoms with Crippen LogP contribution in [0, 0.1) is 31.6 Å². The second kappa shape index (κ2) is 8.78. The molecular formula is C20H21N3O7. The molecule has 0 fully saturated rings. The van der Waals surface area contributed by atoms with Gasteiger partial charge in [-0.2, -0.15) is 0 Å². The smallest absolute Gasteiger partial charge is 0.346 e. The zero-order valence-electron chi connectivity index (χ0n) is 16.6. The lowest BCUT2D eigenvalue weighted by Gasteiger charge is -2.33. The lowest BCUT2D eigenvalue weighted by atomic mass is 9.74. The molecule has 0 amide bonds. The van der Waals surface area contributed by atoms with Crippen molar-refractivity contribution in [2.24, 2.45) is 17.1 Å². The normalized spacial score (nSPS) is 13.2. The Morgan fingerprint density at radius 3 is 1.90 bits per heavy atom. The van der Waals surface area contributed by atoms with Crippen LogP contribution >= 0.6 is 0 Å². The van der Waals surface area contributed by atoms with Crippen molar-refractivity contribution in [1.82, 2.24) is 0 Å². The van der Waals surface area contributed by atoms with E-state index in [4.69, 9.17) is 10.5 Å². The molecule has 0 aromatic heterocycles. The summed E-state index contributed by atoms with van der Waals surface area (Å²) in [6.07, 6.45) is 0. The van der Waals surface area contributed by atoms with Gasteiger partial charge in [-0.3, -0.25) is 25.0 Å². The SMILES string of the molecule is CC(C)(C)C(C(=O)OC(=O)c1cc([N+](=O)[O-])cc([N+](=O)[O-])c1)C(N)c1ccccc1. The Bertz CT molecular complexity index is 951. The van der Waals surface area contributed by atoms with E-state index in [9.17, 15) is 29.8 Å². The van der Waals surface area contributed by atoms with E-state index in [1.54, 1.807) is 51.1 Å². The van der Waals surface area contributed by atoms with Gasteiger partial charge < -0.3 is 10.5 Å². The summed E-state index contributed by atoms with van der Waals surface area (Å²) >= 11 is 0. The molecule has 0 saturated heterocycles. The fraction of sp³-hybridized carbons (Fsp3) is 0.300. The Morgan fingerprint density at radius 2 is 1.47 bits per heavy atom. The van der Waals surface area contributed by atoms with Crippen molar-refractivity contribution in [3.05, 3.63) is 79.9 Å². The number of nitrogens with zero attached hydrogens (tertiary/aromatic N) is 2. The van der Waals surface area contributed by atoms with E-state index >= 15 is 0 Å². The zero-order chi connectivity index (χ0) is 22.6. The van der Waals surface area contributed by atoms with E-state index in [2.05, 4.69) is 0 Å². The minimum atomic E-state index is -1.23. The molecule has 2 aromatic carbocycles. The summed E-state index contributed by atoms with van der Waals surface area (Å²) in [5, 5.41) is 22.0. The number of nitro groups is 2. The summed E-state index contributed by atoms with van der Waals surface area (Å²) in [6.45, 7) is 5.26. The van der Waals surface area contributed by atoms with Gasteiger partial charge >= 0.3 is 11.9 Å². The third-order valence-corrected chi connectivity index (χ3v) is 4.48. The van der Waals surface area contributed by atoms with Crippen LogP contribution in [0.2, 0.25) is 0 Å². The van der Waals surface area contributed by atoms with Crippen molar-refractivity contribution in [2.75, 3.05) is 0 Å². The summed E-state index contributed by atoms with van der Waals surface area (Å²) in [5.41, 5.74) is 4.42. The molecule has 30 heavy (non-hydrogen) atoms. The number of carbonyl (C=O) groups is 2. The van der Waals surface area contributed by atoms with Crippen molar-refractivity contribution in [2.45, 2.75) is 26.8 Å². The summed E-state index contributed by atoms with van der Waals surface area (Å²) < 4.78 is 4.93. The number of benzene rings is 2. The van der Waals surface area contributed by atoms with Crippen LogP contribution in [-0.4, -0.2) is 21.8 Å². The minimum absolute atomic E-state index is 0.481. The molecule has 0 spiro atoms. The maximum absolute atomic E-state index is 12.8. The van der Waals surface area contributed by atoms with Crippen molar-refractivity contribution >= 4 is 23.3 Å². The molecule has 0 saturated carbocycles. The first-order chi connectivity index (χ1) is 13.9. The van der Waals surface area contributed by atoms with Crippen LogP contribution < -0.4 is 5.73 Å². The molecule has 0 aliphatic rings. The first-order valence-corrected chi connectivity index (χ1v) is 8.92. The number of carbonyl (C=O) groups excluding carboxylic acids is 2.